The number of hydrazone groups is 1. The maximum absolute atomic E-state index is 11.0. The molecule has 2 aromatic carbocycles. The average Bonchev–Trinajstić information content (AvgIpc) is 3.05. The fourth-order valence-electron chi connectivity index (χ4n) is 2.69. The molecule has 0 unspecified atom stereocenters. The zero-order valence-electron chi connectivity index (χ0n) is 14.0. The minimum absolute atomic E-state index is 0.0515. The molecule has 0 aliphatic heterocycles. The number of hydrogen-bond donors (Lipinski definition) is 3. The minimum Gasteiger partial charge on any atom is -0.360 e. The Bertz CT molecular complexity index is 996. The topological polar surface area (TPSA) is 95.3 Å². The van der Waals surface area contributed by atoms with Crippen molar-refractivity contribution in [1.29, 1.82) is 0 Å². The molecule has 0 amide bonds. The second-order valence-electron chi connectivity index (χ2n) is 5.54. The van der Waals surface area contributed by atoms with Gasteiger partial charge >= 0.3 is 0 Å². The molecule has 0 spiro atoms. The lowest BCUT2D eigenvalue weighted by Gasteiger charge is -2.07. The van der Waals surface area contributed by atoms with Crippen LogP contribution in [0.3, 0.4) is 0 Å². The van der Waals surface area contributed by atoms with Crippen molar-refractivity contribution in [3.8, 4) is 0 Å². The molecule has 0 aliphatic rings. The molecule has 0 fully saturated rings. The number of nitro benzene ring substituents is 1. The Kier molecular flexibility index (Phi) is 5.23. The Morgan fingerprint density at radius 2 is 2.12 bits per heavy atom. The summed E-state index contributed by atoms with van der Waals surface area (Å²) in [6.07, 6.45) is 4.48. The monoisotopic (exact) mass is 367 g/mol. The molecule has 0 saturated carbocycles. The number of benzene rings is 2. The van der Waals surface area contributed by atoms with E-state index in [1.807, 2.05) is 18.3 Å². The Morgan fingerprint density at radius 1 is 1.31 bits per heavy atom. The number of rotatable bonds is 5. The highest BCUT2D eigenvalue weighted by atomic mass is 32.1. The van der Waals surface area contributed by atoms with Crippen LogP contribution >= 0.6 is 12.2 Å². The molecule has 1 aromatic heterocycles. The fraction of sp³-hybridized carbons (Fsp3) is 0.111. The normalized spacial score (nSPS) is 11.0. The van der Waals surface area contributed by atoms with Crippen molar-refractivity contribution in [2.45, 2.75) is 13.3 Å². The molecule has 0 bridgehead atoms. The largest absolute Gasteiger partial charge is 0.360 e. The van der Waals surface area contributed by atoms with E-state index in [0.29, 0.717) is 5.69 Å². The van der Waals surface area contributed by atoms with Gasteiger partial charge in [0.1, 0.15) is 5.69 Å². The third-order valence-electron chi connectivity index (χ3n) is 3.93. The van der Waals surface area contributed by atoms with E-state index in [9.17, 15) is 10.1 Å². The molecule has 26 heavy (non-hydrogen) atoms. The first kappa shape index (κ1) is 17.6. The van der Waals surface area contributed by atoms with Crippen molar-refractivity contribution in [3.05, 3.63) is 69.9 Å². The summed E-state index contributed by atoms with van der Waals surface area (Å²) >= 11 is 5.15. The molecule has 3 N–H and O–H groups in total. The van der Waals surface area contributed by atoms with Crippen molar-refractivity contribution in [1.82, 2.24) is 10.4 Å². The lowest BCUT2D eigenvalue weighted by molar-refractivity contribution is -0.383. The molecule has 8 heteroatoms. The van der Waals surface area contributed by atoms with Gasteiger partial charge in [0.05, 0.1) is 11.1 Å². The van der Waals surface area contributed by atoms with Crippen molar-refractivity contribution in [2.24, 2.45) is 5.10 Å². The van der Waals surface area contributed by atoms with Gasteiger partial charge in [0.2, 0.25) is 0 Å². The molecule has 3 aromatic rings. The summed E-state index contributed by atoms with van der Waals surface area (Å²) in [6.45, 7) is 2.11. The van der Waals surface area contributed by atoms with Gasteiger partial charge in [-0.05, 0) is 30.3 Å². The van der Waals surface area contributed by atoms with E-state index in [4.69, 9.17) is 12.2 Å². The highest BCUT2D eigenvalue weighted by Gasteiger charge is 2.12. The molecule has 0 saturated heterocycles. The van der Waals surface area contributed by atoms with E-state index in [2.05, 4.69) is 33.8 Å². The quantitative estimate of drug-likeness (QED) is 0.275. The summed E-state index contributed by atoms with van der Waals surface area (Å²) in [5, 5.41) is 19.2. The molecule has 0 atom stereocenters. The summed E-state index contributed by atoms with van der Waals surface area (Å²) < 4.78 is 0. The summed E-state index contributed by atoms with van der Waals surface area (Å²) in [5.41, 5.74) is 6.20. The maximum Gasteiger partial charge on any atom is 0.292 e. The lowest BCUT2D eigenvalue weighted by Crippen LogP contribution is -2.24. The number of fused-ring (bicyclic) bond motifs is 1. The van der Waals surface area contributed by atoms with Gasteiger partial charge in [0, 0.05) is 28.7 Å². The molecule has 7 nitrogen and oxygen atoms in total. The molecule has 3 rings (SSSR count). The Morgan fingerprint density at radius 3 is 2.88 bits per heavy atom. The number of aromatic amines is 1. The van der Waals surface area contributed by atoms with Gasteiger partial charge in [0.25, 0.3) is 5.69 Å². The number of hydrogen-bond acceptors (Lipinski definition) is 4. The number of nitro groups is 1. The first-order chi connectivity index (χ1) is 12.6. The van der Waals surface area contributed by atoms with Crippen LogP contribution in [0.4, 0.5) is 11.4 Å². The number of aryl methyl sites for hydroxylation is 1. The van der Waals surface area contributed by atoms with Crippen LogP contribution in [0.15, 0.2) is 53.8 Å². The first-order valence-electron chi connectivity index (χ1n) is 8.02. The molecule has 0 aliphatic carbocycles. The standard InChI is InChI=1S/C18H17N5O2S/c1-2-12-6-5-7-14-13(10-19-17(12)14)11-20-22-18(26)21-15-8-3-4-9-16(15)23(24)25/h3-11,19H,2H2,1H3,(H2,21,22,26)/b20-11+. The highest BCUT2D eigenvalue weighted by Crippen LogP contribution is 2.23. The molecular formula is C18H17N5O2S. The van der Waals surface area contributed by atoms with Crippen molar-refractivity contribution in [3.63, 3.8) is 0 Å². The van der Waals surface area contributed by atoms with Gasteiger partial charge in [0.15, 0.2) is 5.11 Å². The van der Waals surface area contributed by atoms with Crippen LogP contribution in [-0.2, 0) is 6.42 Å². The highest BCUT2D eigenvalue weighted by molar-refractivity contribution is 7.80. The summed E-state index contributed by atoms with van der Waals surface area (Å²) in [7, 11) is 0. The van der Waals surface area contributed by atoms with Crippen LogP contribution in [0.25, 0.3) is 10.9 Å². The maximum atomic E-state index is 11.0. The second kappa shape index (κ2) is 7.75. The number of nitrogens with one attached hydrogen (secondary N) is 3. The third kappa shape index (κ3) is 3.70. The lowest BCUT2D eigenvalue weighted by atomic mass is 10.1. The van der Waals surface area contributed by atoms with E-state index >= 15 is 0 Å². The number of anilines is 1. The van der Waals surface area contributed by atoms with E-state index < -0.39 is 4.92 Å². The number of nitrogens with zero attached hydrogens (tertiary/aromatic N) is 2. The van der Waals surface area contributed by atoms with Crippen LogP contribution < -0.4 is 10.7 Å². The van der Waals surface area contributed by atoms with Gasteiger partial charge in [-0.15, -0.1) is 0 Å². The van der Waals surface area contributed by atoms with Crippen LogP contribution in [0.1, 0.15) is 18.1 Å². The van der Waals surface area contributed by atoms with Crippen molar-refractivity contribution in [2.75, 3.05) is 5.32 Å². The summed E-state index contributed by atoms with van der Waals surface area (Å²) in [6, 6.07) is 12.4. The Balaban J connectivity index is 1.70. The smallest absolute Gasteiger partial charge is 0.292 e. The first-order valence-corrected chi connectivity index (χ1v) is 8.43. The van der Waals surface area contributed by atoms with Gasteiger partial charge < -0.3 is 10.3 Å². The van der Waals surface area contributed by atoms with Gasteiger partial charge in [-0.25, -0.2) is 0 Å². The van der Waals surface area contributed by atoms with Crippen LogP contribution in [-0.4, -0.2) is 21.2 Å². The van der Waals surface area contributed by atoms with Crippen LogP contribution in [0.2, 0.25) is 0 Å². The number of H-pyrrole nitrogens is 1. The van der Waals surface area contributed by atoms with Crippen molar-refractivity contribution < 1.29 is 4.92 Å². The van der Waals surface area contributed by atoms with Crippen LogP contribution in [0, 0.1) is 10.1 Å². The molecule has 1 heterocycles. The number of aromatic nitrogens is 1. The Labute approximate surface area is 155 Å². The zero-order chi connectivity index (χ0) is 18.5. The predicted octanol–water partition coefficient (Wildman–Crippen LogP) is 3.96. The molecule has 132 valence electrons. The predicted molar refractivity (Wildman–Crippen MR) is 108 cm³/mol. The number of thiocarbonyl (C=S) groups is 1. The van der Waals surface area contributed by atoms with Crippen molar-refractivity contribution >= 4 is 45.8 Å². The number of para-hydroxylation sites is 3. The summed E-state index contributed by atoms with van der Waals surface area (Å²) in [5.74, 6) is 0. The molecular weight excluding hydrogens is 350 g/mol. The van der Waals surface area contributed by atoms with E-state index in [1.165, 1.54) is 11.6 Å². The SMILES string of the molecule is CCc1cccc2c(/C=N/NC(=S)Nc3ccccc3[N+](=O)[O-])c[nH]c12. The van der Waals surface area contributed by atoms with Gasteiger partial charge in [-0.3, -0.25) is 15.5 Å². The zero-order valence-corrected chi connectivity index (χ0v) is 14.8. The minimum atomic E-state index is -0.467. The molecule has 0 radical (unpaired) electrons. The van der Waals surface area contributed by atoms with E-state index in [0.717, 1.165) is 22.9 Å². The van der Waals surface area contributed by atoms with E-state index in [-0.39, 0.29) is 10.8 Å². The average molecular weight is 367 g/mol. The second-order valence-corrected chi connectivity index (χ2v) is 5.94. The van der Waals surface area contributed by atoms with Gasteiger partial charge in [-0.2, -0.15) is 5.10 Å². The van der Waals surface area contributed by atoms with E-state index in [1.54, 1.807) is 24.4 Å². The summed E-state index contributed by atoms with van der Waals surface area (Å²) in [4.78, 5) is 13.8. The third-order valence-corrected chi connectivity index (χ3v) is 4.13. The van der Waals surface area contributed by atoms with Crippen LogP contribution in [0.5, 0.6) is 0 Å². The fourth-order valence-corrected chi connectivity index (χ4v) is 2.85. The van der Waals surface area contributed by atoms with Gasteiger partial charge in [-0.1, -0.05) is 37.3 Å². The Hall–Kier alpha value is -3.26.